The molecule has 2 aliphatic carbocycles. The van der Waals surface area contributed by atoms with Crippen molar-refractivity contribution in [3.05, 3.63) is 35.4 Å². The van der Waals surface area contributed by atoms with Crippen molar-refractivity contribution in [2.24, 2.45) is 23.6 Å². The number of aryl methyl sites for hydroxylation is 2. The molecule has 4 atom stereocenters. The first-order chi connectivity index (χ1) is 9.76. The van der Waals surface area contributed by atoms with E-state index in [9.17, 15) is 0 Å². The second-order valence-corrected chi connectivity index (χ2v) is 7.00. The molecule has 2 nitrogen and oxygen atoms in total. The third kappa shape index (κ3) is 3.07. The molecule has 0 heterocycles. The molecule has 0 saturated heterocycles. The molecule has 3 rings (SSSR count). The highest BCUT2D eigenvalue weighted by molar-refractivity contribution is 5.25. The molecule has 0 aromatic heterocycles. The lowest BCUT2D eigenvalue weighted by atomic mass is 9.83. The molecular weight excluding hydrogens is 244 g/mol. The van der Waals surface area contributed by atoms with Gasteiger partial charge in [-0.1, -0.05) is 30.7 Å². The minimum Gasteiger partial charge on any atom is -0.271 e. The van der Waals surface area contributed by atoms with E-state index in [4.69, 9.17) is 5.84 Å². The van der Waals surface area contributed by atoms with E-state index in [1.807, 2.05) is 0 Å². The first kappa shape index (κ1) is 14.1. The summed E-state index contributed by atoms with van der Waals surface area (Å²) in [6.45, 7) is 2.20. The van der Waals surface area contributed by atoms with Crippen molar-refractivity contribution in [3.63, 3.8) is 0 Å². The Kier molecular flexibility index (Phi) is 4.42. The van der Waals surface area contributed by atoms with Crippen molar-refractivity contribution < 1.29 is 0 Å². The van der Waals surface area contributed by atoms with Crippen molar-refractivity contribution in [3.8, 4) is 0 Å². The van der Waals surface area contributed by atoms with Crippen LogP contribution in [0.15, 0.2) is 24.3 Å². The third-order valence-electron chi connectivity index (χ3n) is 5.73. The van der Waals surface area contributed by atoms with Gasteiger partial charge in [0.15, 0.2) is 0 Å². The summed E-state index contributed by atoms with van der Waals surface area (Å²) in [5, 5.41) is 0. The number of fused-ring (bicyclic) bond motifs is 2. The van der Waals surface area contributed by atoms with Gasteiger partial charge in [0.25, 0.3) is 0 Å². The van der Waals surface area contributed by atoms with Gasteiger partial charge in [0.05, 0.1) is 0 Å². The number of nitrogens with one attached hydrogen (secondary N) is 1. The van der Waals surface area contributed by atoms with Crippen LogP contribution in [0.3, 0.4) is 0 Å². The number of hydrazine groups is 1. The molecule has 0 aliphatic heterocycles. The van der Waals surface area contributed by atoms with E-state index >= 15 is 0 Å². The van der Waals surface area contributed by atoms with Crippen molar-refractivity contribution >= 4 is 0 Å². The Bertz CT molecular complexity index is 443. The highest BCUT2D eigenvalue weighted by atomic mass is 15.2. The zero-order valence-corrected chi connectivity index (χ0v) is 12.6. The van der Waals surface area contributed by atoms with Crippen LogP contribution in [0, 0.1) is 24.7 Å². The molecular formula is C18H28N2. The van der Waals surface area contributed by atoms with E-state index in [-0.39, 0.29) is 0 Å². The van der Waals surface area contributed by atoms with Crippen LogP contribution in [0.25, 0.3) is 0 Å². The van der Waals surface area contributed by atoms with E-state index in [0.29, 0.717) is 6.04 Å². The fraction of sp³-hybridized carbons (Fsp3) is 0.667. The topological polar surface area (TPSA) is 38.0 Å². The highest BCUT2D eigenvalue weighted by Crippen LogP contribution is 2.50. The fourth-order valence-corrected chi connectivity index (χ4v) is 4.52. The smallest absolute Gasteiger partial charge is 0.0216 e. The summed E-state index contributed by atoms with van der Waals surface area (Å²) >= 11 is 0. The van der Waals surface area contributed by atoms with Gasteiger partial charge in [0.2, 0.25) is 0 Å². The maximum atomic E-state index is 5.80. The Morgan fingerprint density at radius 3 is 2.75 bits per heavy atom. The standard InChI is InChI=1S/C18H28N2/c1-13-4-2-3-5-15(13)8-9-18(20-19)12-17-11-14-6-7-16(17)10-14/h2-5,14,16-18,20H,6-12,19H2,1H3. The minimum atomic E-state index is 0.485. The Hall–Kier alpha value is -0.860. The Balaban J connectivity index is 1.51. The molecule has 2 heteroatoms. The summed E-state index contributed by atoms with van der Waals surface area (Å²) in [6, 6.07) is 9.20. The average molecular weight is 272 g/mol. The summed E-state index contributed by atoms with van der Waals surface area (Å²) in [5.41, 5.74) is 5.96. The lowest BCUT2D eigenvalue weighted by Gasteiger charge is -2.26. The SMILES string of the molecule is Cc1ccccc1CCC(CC1CC2CCC1C2)NN. The maximum Gasteiger partial charge on any atom is 0.0216 e. The average Bonchev–Trinajstić information content (AvgIpc) is 3.07. The van der Waals surface area contributed by atoms with Gasteiger partial charge < -0.3 is 0 Å². The van der Waals surface area contributed by atoms with Gasteiger partial charge in [-0.15, -0.1) is 0 Å². The van der Waals surface area contributed by atoms with Crippen LogP contribution in [-0.4, -0.2) is 6.04 Å². The molecule has 1 aromatic rings. The summed E-state index contributed by atoms with van der Waals surface area (Å²) in [7, 11) is 0. The van der Waals surface area contributed by atoms with Gasteiger partial charge in [-0.2, -0.15) is 0 Å². The van der Waals surface area contributed by atoms with Gasteiger partial charge in [0.1, 0.15) is 0 Å². The molecule has 110 valence electrons. The van der Waals surface area contributed by atoms with Crippen molar-refractivity contribution in [2.45, 2.75) is 57.9 Å². The molecule has 3 N–H and O–H groups in total. The summed E-state index contributed by atoms with van der Waals surface area (Å²) in [5.74, 6) is 8.79. The van der Waals surface area contributed by atoms with E-state index in [2.05, 4.69) is 36.6 Å². The molecule has 2 fully saturated rings. The van der Waals surface area contributed by atoms with Gasteiger partial charge in [-0.05, 0) is 74.3 Å². The first-order valence-corrected chi connectivity index (χ1v) is 8.27. The third-order valence-corrected chi connectivity index (χ3v) is 5.73. The van der Waals surface area contributed by atoms with E-state index in [1.165, 1.54) is 43.2 Å². The lowest BCUT2D eigenvalue weighted by molar-refractivity contribution is 0.272. The van der Waals surface area contributed by atoms with Crippen LogP contribution in [0.1, 0.15) is 49.7 Å². The van der Waals surface area contributed by atoms with Gasteiger partial charge in [-0.3, -0.25) is 11.3 Å². The maximum absolute atomic E-state index is 5.80. The van der Waals surface area contributed by atoms with Crippen LogP contribution >= 0.6 is 0 Å². The second kappa shape index (κ2) is 6.28. The molecule has 0 amide bonds. The number of hydrogen-bond donors (Lipinski definition) is 2. The van der Waals surface area contributed by atoms with E-state index in [1.54, 1.807) is 0 Å². The Morgan fingerprint density at radius 1 is 1.25 bits per heavy atom. The van der Waals surface area contributed by atoms with Crippen molar-refractivity contribution in [1.82, 2.24) is 5.43 Å². The van der Waals surface area contributed by atoms with Crippen LogP contribution < -0.4 is 11.3 Å². The monoisotopic (exact) mass is 272 g/mol. The predicted octanol–water partition coefficient (Wildman–Crippen LogP) is 3.59. The quantitative estimate of drug-likeness (QED) is 0.613. The molecule has 20 heavy (non-hydrogen) atoms. The van der Waals surface area contributed by atoms with Crippen LogP contribution in [-0.2, 0) is 6.42 Å². The molecule has 1 aromatic carbocycles. The molecule has 2 aliphatic rings. The number of hydrogen-bond acceptors (Lipinski definition) is 2. The summed E-state index contributed by atoms with van der Waals surface area (Å²) in [4.78, 5) is 0. The second-order valence-electron chi connectivity index (χ2n) is 7.00. The van der Waals surface area contributed by atoms with E-state index < -0.39 is 0 Å². The van der Waals surface area contributed by atoms with E-state index in [0.717, 1.165) is 30.6 Å². The van der Waals surface area contributed by atoms with Crippen LogP contribution in [0.5, 0.6) is 0 Å². The molecule has 4 unspecified atom stereocenters. The molecule has 0 spiro atoms. The first-order valence-electron chi connectivity index (χ1n) is 8.27. The molecule has 2 saturated carbocycles. The summed E-state index contributed by atoms with van der Waals surface area (Å²) < 4.78 is 0. The van der Waals surface area contributed by atoms with Gasteiger partial charge in [0, 0.05) is 6.04 Å². The van der Waals surface area contributed by atoms with Crippen molar-refractivity contribution in [2.75, 3.05) is 0 Å². The number of nitrogens with two attached hydrogens (primary N) is 1. The molecule has 0 radical (unpaired) electrons. The zero-order chi connectivity index (χ0) is 13.9. The minimum absolute atomic E-state index is 0.485. The zero-order valence-electron chi connectivity index (χ0n) is 12.6. The molecule has 2 bridgehead atoms. The largest absolute Gasteiger partial charge is 0.271 e. The van der Waals surface area contributed by atoms with Crippen molar-refractivity contribution in [1.29, 1.82) is 0 Å². The van der Waals surface area contributed by atoms with Crippen LogP contribution in [0.2, 0.25) is 0 Å². The summed E-state index contributed by atoms with van der Waals surface area (Å²) in [6.07, 6.45) is 9.52. The fourth-order valence-electron chi connectivity index (χ4n) is 4.52. The Morgan fingerprint density at radius 2 is 2.10 bits per heavy atom. The van der Waals surface area contributed by atoms with Gasteiger partial charge in [-0.25, -0.2) is 0 Å². The van der Waals surface area contributed by atoms with Gasteiger partial charge >= 0.3 is 0 Å². The normalized spacial score (nSPS) is 29.8. The van der Waals surface area contributed by atoms with Crippen LogP contribution in [0.4, 0.5) is 0 Å². The Labute approximate surface area is 123 Å². The predicted molar refractivity (Wildman–Crippen MR) is 84.2 cm³/mol. The number of benzene rings is 1. The lowest BCUT2D eigenvalue weighted by Crippen LogP contribution is -2.37. The highest BCUT2D eigenvalue weighted by Gasteiger charge is 2.39. The number of rotatable bonds is 6.